The number of aromatic nitrogens is 1. The summed E-state index contributed by atoms with van der Waals surface area (Å²) in [5.41, 5.74) is 3.76. The normalized spacial score (nSPS) is 12.2. The molecule has 0 bridgehead atoms. The number of thiazole rings is 1. The van der Waals surface area contributed by atoms with Crippen molar-refractivity contribution in [1.82, 2.24) is 10.4 Å². The highest BCUT2D eigenvalue weighted by Gasteiger charge is 2.14. The Bertz CT molecular complexity index is 952. The fraction of sp³-hybridized carbons (Fsp3) is 0.118. The number of para-hydroxylation sites is 1. The number of nitro groups is 1. The van der Waals surface area contributed by atoms with E-state index in [9.17, 15) is 14.9 Å². The molecular weight excluding hydrogens is 354 g/mol. The minimum absolute atomic E-state index is 0.0360. The Balaban J connectivity index is 1.58. The van der Waals surface area contributed by atoms with Crippen LogP contribution >= 0.6 is 11.3 Å². The van der Waals surface area contributed by atoms with Crippen molar-refractivity contribution in [2.75, 3.05) is 5.32 Å². The molecule has 0 spiro atoms. The fourth-order valence-corrected chi connectivity index (χ4v) is 3.12. The van der Waals surface area contributed by atoms with Gasteiger partial charge in [0.25, 0.3) is 11.6 Å². The highest BCUT2D eigenvalue weighted by molar-refractivity contribution is 7.22. The van der Waals surface area contributed by atoms with Gasteiger partial charge in [0.1, 0.15) is 6.04 Å². The van der Waals surface area contributed by atoms with E-state index in [1.54, 1.807) is 19.1 Å². The van der Waals surface area contributed by atoms with Gasteiger partial charge >= 0.3 is 0 Å². The van der Waals surface area contributed by atoms with Gasteiger partial charge in [-0.1, -0.05) is 35.6 Å². The predicted molar refractivity (Wildman–Crippen MR) is 102 cm³/mol. The molecule has 3 aromatic rings. The number of carbonyl (C=O) groups is 1. The number of fused-ring (bicyclic) bond motifs is 1. The van der Waals surface area contributed by atoms with Crippen LogP contribution < -0.4 is 10.7 Å². The van der Waals surface area contributed by atoms with Crippen molar-refractivity contribution in [2.24, 2.45) is 5.10 Å². The molecule has 0 aliphatic carbocycles. The van der Waals surface area contributed by atoms with Crippen LogP contribution in [0.25, 0.3) is 10.2 Å². The number of amides is 1. The molecule has 0 unspecified atom stereocenters. The fourth-order valence-electron chi connectivity index (χ4n) is 2.17. The highest BCUT2D eigenvalue weighted by atomic mass is 32.1. The second-order valence-electron chi connectivity index (χ2n) is 5.44. The number of nitro benzene ring substituents is 1. The number of hydrogen-bond donors (Lipinski definition) is 2. The molecule has 9 heteroatoms. The van der Waals surface area contributed by atoms with Crippen molar-refractivity contribution < 1.29 is 9.72 Å². The third-order valence-corrected chi connectivity index (χ3v) is 4.46. The largest absolute Gasteiger partial charge is 0.350 e. The number of hydrazone groups is 1. The van der Waals surface area contributed by atoms with E-state index in [1.807, 2.05) is 24.3 Å². The van der Waals surface area contributed by atoms with E-state index in [-0.39, 0.29) is 11.6 Å². The van der Waals surface area contributed by atoms with Gasteiger partial charge in [0.2, 0.25) is 0 Å². The first-order valence-electron chi connectivity index (χ1n) is 7.72. The number of hydrogen-bond acceptors (Lipinski definition) is 7. The molecule has 3 rings (SSSR count). The molecule has 2 aromatic carbocycles. The SMILES string of the molecule is C[C@H](Nc1nc2ccccc2s1)C(=O)N/N=C\c1cccc([N+](=O)[O-])c1. The van der Waals surface area contributed by atoms with Crippen LogP contribution in [-0.2, 0) is 4.79 Å². The Kier molecular flexibility index (Phi) is 5.18. The maximum Gasteiger partial charge on any atom is 0.270 e. The van der Waals surface area contributed by atoms with E-state index in [0.717, 1.165) is 10.2 Å². The van der Waals surface area contributed by atoms with Crippen LogP contribution in [0.1, 0.15) is 12.5 Å². The zero-order chi connectivity index (χ0) is 18.5. The van der Waals surface area contributed by atoms with Crippen LogP contribution in [0, 0.1) is 10.1 Å². The van der Waals surface area contributed by atoms with Crippen LogP contribution in [0.15, 0.2) is 53.6 Å². The van der Waals surface area contributed by atoms with Gasteiger partial charge in [-0.3, -0.25) is 14.9 Å². The average Bonchev–Trinajstić information content (AvgIpc) is 3.04. The molecule has 26 heavy (non-hydrogen) atoms. The van der Waals surface area contributed by atoms with Crippen molar-refractivity contribution >= 4 is 44.5 Å². The summed E-state index contributed by atoms with van der Waals surface area (Å²) in [4.78, 5) is 26.8. The molecule has 1 atom stereocenters. The summed E-state index contributed by atoms with van der Waals surface area (Å²) in [5.74, 6) is -0.342. The molecule has 0 aliphatic rings. The smallest absolute Gasteiger partial charge is 0.270 e. The molecule has 1 aromatic heterocycles. The minimum Gasteiger partial charge on any atom is -0.350 e. The van der Waals surface area contributed by atoms with Crippen molar-refractivity contribution in [1.29, 1.82) is 0 Å². The number of nitrogens with one attached hydrogen (secondary N) is 2. The van der Waals surface area contributed by atoms with E-state index < -0.39 is 11.0 Å². The summed E-state index contributed by atoms with van der Waals surface area (Å²) >= 11 is 1.46. The minimum atomic E-state index is -0.544. The zero-order valence-corrected chi connectivity index (χ0v) is 14.6. The van der Waals surface area contributed by atoms with E-state index in [2.05, 4.69) is 20.8 Å². The van der Waals surface area contributed by atoms with Gasteiger partial charge in [-0.05, 0) is 19.1 Å². The Morgan fingerprint density at radius 3 is 2.88 bits per heavy atom. The first-order chi connectivity index (χ1) is 12.5. The molecule has 2 N–H and O–H groups in total. The van der Waals surface area contributed by atoms with E-state index in [1.165, 1.54) is 29.7 Å². The number of nitrogens with zero attached hydrogens (tertiary/aromatic N) is 3. The average molecular weight is 369 g/mol. The van der Waals surface area contributed by atoms with Gasteiger partial charge in [-0.15, -0.1) is 0 Å². The zero-order valence-electron chi connectivity index (χ0n) is 13.7. The monoisotopic (exact) mass is 369 g/mol. The first kappa shape index (κ1) is 17.5. The number of rotatable bonds is 6. The third kappa shape index (κ3) is 4.19. The Morgan fingerprint density at radius 1 is 1.31 bits per heavy atom. The molecule has 132 valence electrons. The Hall–Kier alpha value is -3.33. The van der Waals surface area contributed by atoms with Crippen LogP contribution in [0.4, 0.5) is 10.8 Å². The summed E-state index contributed by atoms with van der Waals surface area (Å²) in [6, 6.07) is 13.1. The van der Waals surface area contributed by atoms with Crippen LogP contribution in [0.5, 0.6) is 0 Å². The maximum atomic E-state index is 12.1. The molecule has 0 radical (unpaired) electrons. The Morgan fingerprint density at radius 2 is 2.12 bits per heavy atom. The number of carbonyl (C=O) groups excluding carboxylic acids is 1. The summed E-state index contributed by atoms with van der Waals surface area (Å²) in [5, 5.41) is 18.3. The molecule has 8 nitrogen and oxygen atoms in total. The van der Waals surface area contributed by atoms with Gasteiger partial charge in [0.15, 0.2) is 5.13 Å². The Labute approximate surface area is 152 Å². The van der Waals surface area contributed by atoms with Crippen molar-refractivity contribution in [3.8, 4) is 0 Å². The summed E-state index contributed by atoms with van der Waals surface area (Å²) in [6.45, 7) is 1.70. The van der Waals surface area contributed by atoms with Crippen molar-refractivity contribution in [2.45, 2.75) is 13.0 Å². The predicted octanol–water partition coefficient (Wildman–Crippen LogP) is 3.16. The van der Waals surface area contributed by atoms with E-state index >= 15 is 0 Å². The lowest BCUT2D eigenvalue weighted by Crippen LogP contribution is -2.34. The van der Waals surface area contributed by atoms with Crippen LogP contribution in [0.2, 0.25) is 0 Å². The second-order valence-corrected chi connectivity index (χ2v) is 6.47. The summed E-state index contributed by atoms with van der Waals surface area (Å²) < 4.78 is 1.03. The first-order valence-corrected chi connectivity index (χ1v) is 8.54. The van der Waals surface area contributed by atoms with Gasteiger partial charge in [0.05, 0.1) is 21.4 Å². The van der Waals surface area contributed by atoms with Crippen LogP contribution in [0.3, 0.4) is 0 Å². The number of anilines is 1. The molecule has 1 heterocycles. The lowest BCUT2D eigenvalue weighted by molar-refractivity contribution is -0.384. The standard InChI is InChI=1S/C17H15N5O3S/c1-11(19-17-20-14-7-2-3-8-15(14)26-17)16(23)21-18-10-12-5-4-6-13(9-12)22(24)25/h2-11H,1H3,(H,19,20)(H,21,23)/b18-10-/t11-/m0/s1. The van der Waals surface area contributed by atoms with Gasteiger partial charge < -0.3 is 5.32 Å². The van der Waals surface area contributed by atoms with Gasteiger partial charge in [0, 0.05) is 17.7 Å². The molecule has 1 amide bonds. The summed E-state index contributed by atoms with van der Waals surface area (Å²) in [7, 11) is 0. The van der Waals surface area contributed by atoms with Gasteiger partial charge in [-0.25, -0.2) is 10.4 Å². The van der Waals surface area contributed by atoms with Crippen molar-refractivity contribution in [3.63, 3.8) is 0 Å². The quantitative estimate of drug-likeness (QED) is 0.394. The topological polar surface area (TPSA) is 110 Å². The maximum absolute atomic E-state index is 12.1. The van der Waals surface area contributed by atoms with Crippen molar-refractivity contribution in [3.05, 3.63) is 64.2 Å². The third-order valence-electron chi connectivity index (χ3n) is 3.50. The van der Waals surface area contributed by atoms with Gasteiger partial charge in [-0.2, -0.15) is 5.10 Å². The number of benzene rings is 2. The van der Waals surface area contributed by atoms with E-state index in [0.29, 0.717) is 10.7 Å². The van der Waals surface area contributed by atoms with E-state index in [4.69, 9.17) is 0 Å². The van der Waals surface area contributed by atoms with Crippen LogP contribution in [-0.4, -0.2) is 28.1 Å². The second kappa shape index (κ2) is 7.70. The lowest BCUT2D eigenvalue weighted by atomic mass is 10.2. The summed E-state index contributed by atoms with van der Waals surface area (Å²) in [6.07, 6.45) is 1.36. The molecule has 0 aliphatic heterocycles. The highest BCUT2D eigenvalue weighted by Crippen LogP contribution is 2.25. The molecule has 0 saturated heterocycles. The molecule has 0 fully saturated rings. The number of non-ortho nitro benzene ring substituents is 1. The lowest BCUT2D eigenvalue weighted by Gasteiger charge is -2.10. The molecular formula is C17H15N5O3S. The molecule has 0 saturated carbocycles.